The summed E-state index contributed by atoms with van der Waals surface area (Å²) in [6, 6.07) is 11.3. The van der Waals surface area contributed by atoms with Crippen LogP contribution < -0.4 is 4.90 Å². The molecule has 4 rings (SSSR count). The quantitative estimate of drug-likeness (QED) is 0.471. The summed E-state index contributed by atoms with van der Waals surface area (Å²) in [5, 5.41) is 11.4. The Morgan fingerprint density at radius 3 is 2.70 bits per heavy atom. The molecule has 2 heterocycles. The van der Waals surface area contributed by atoms with Crippen LogP contribution in [0.3, 0.4) is 0 Å². The van der Waals surface area contributed by atoms with Gasteiger partial charge in [0.05, 0.1) is 21.7 Å². The van der Waals surface area contributed by atoms with E-state index in [0.29, 0.717) is 5.02 Å². The lowest BCUT2D eigenvalue weighted by Gasteiger charge is -2.34. The van der Waals surface area contributed by atoms with Crippen molar-refractivity contribution < 1.29 is 9.90 Å². The van der Waals surface area contributed by atoms with Crippen LogP contribution >= 0.6 is 46.3 Å². The number of aliphatic carboxylic acids is 1. The number of carbonyl (C=O) groups is 1. The van der Waals surface area contributed by atoms with Gasteiger partial charge in [-0.3, -0.25) is 9.69 Å². The number of halogens is 2. The normalized spacial score (nSPS) is 15.1. The number of hydrogen-bond donors (Lipinski definition) is 1. The van der Waals surface area contributed by atoms with Crippen LogP contribution in [0, 0.1) is 0 Å². The zero-order chi connectivity index (χ0) is 21.1. The van der Waals surface area contributed by atoms with Crippen LogP contribution in [0.1, 0.15) is 5.56 Å². The molecule has 0 spiro atoms. The van der Waals surface area contributed by atoms with Crippen LogP contribution in [0.5, 0.6) is 0 Å². The number of hydrogen-bond acceptors (Lipinski definition) is 6. The lowest BCUT2D eigenvalue weighted by atomic mass is 10.1. The maximum atomic E-state index is 10.9. The first-order valence-corrected chi connectivity index (χ1v) is 12.2. The number of rotatable bonds is 7. The molecular formula is C21H21Cl2N3O2S2. The third kappa shape index (κ3) is 5.39. The predicted molar refractivity (Wildman–Crippen MR) is 127 cm³/mol. The van der Waals surface area contributed by atoms with Gasteiger partial charge in [-0.25, -0.2) is 4.98 Å². The van der Waals surface area contributed by atoms with E-state index < -0.39 is 5.97 Å². The van der Waals surface area contributed by atoms with E-state index >= 15 is 0 Å². The number of benzene rings is 2. The summed E-state index contributed by atoms with van der Waals surface area (Å²) in [6.07, 6.45) is 0.0185. The highest BCUT2D eigenvalue weighted by molar-refractivity contribution is 7.99. The SMILES string of the molecule is O=C(O)Cc1ccc(Cl)c(SCCN2CCN(c3nc4ccc(Cl)cc4s3)CC2)c1. The van der Waals surface area contributed by atoms with Crippen LogP contribution in [0.4, 0.5) is 5.13 Å². The summed E-state index contributed by atoms with van der Waals surface area (Å²) in [5.41, 5.74) is 1.78. The Morgan fingerprint density at radius 1 is 1.13 bits per heavy atom. The Balaban J connectivity index is 1.27. The van der Waals surface area contributed by atoms with E-state index in [0.717, 1.165) is 69.3 Å². The maximum absolute atomic E-state index is 10.9. The smallest absolute Gasteiger partial charge is 0.307 e. The van der Waals surface area contributed by atoms with Gasteiger partial charge in [0.2, 0.25) is 0 Å². The van der Waals surface area contributed by atoms with E-state index in [1.807, 2.05) is 24.3 Å². The molecule has 0 bridgehead atoms. The molecule has 1 saturated heterocycles. The third-order valence-corrected chi connectivity index (χ3v) is 7.79. The molecule has 1 N–H and O–H groups in total. The van der Waals surface area contributed by atoms with Gasteiger partial charge in [0.25, 0.3) is 0 Å². The van der Waals surface area contributed by atoms with Crippen LogP contribution in [0.25, 0.3) is 10.2 Å². The minimum absolute atomic E-state index is 0.0185. The number of carboxylic acids is 1. The van der Waals surface area contributed by atoms with Crippen molar-refractivity contribution in [2.75, 3.05) is 43.4 Å². The standard InChI is InChI=1S/C21H21Cl2N3O2S2/c22-15-2-4-17-19(13-15)30-21(24-17)26-7-5-25(6-8-26)9-10-29-18-11-14(12-20(27)28)1-3-16(18)23/h1-4,11,13H,5-10,12H2,(H,27,28). The van der Waals surface area contributed by atoms with Gasteiger partial charge in [0.1, 0.15) is 0 Å². The van der Waals surface area contributed by atoms with E-state index in [1.165, 1.54) is 0 Å². The minimum atomic E-state index is -0.831. The predicted octanol–water partition coefficient (Wildman–Crippen LogP) is 5.14. The number of nitrogens with zero attached hydrogens (tertiary/aromatic N) is 3. The maximum Gasteiger partial charge on any atom is 0.307 e. The van der Waals surface area contributed by atoms with Crippen LogP contribution in [-0.4, -0.2) is 59.4 Å². The summed E-state index contributed by atoms with van der Waals surface area (Å²) in [7, 11) is 0. The molecule has 0 atom stereocenters. The number of thiazole rings is 1. The lowest BCUT2D eigenvalue weighted by Crippen LogP contribution is -2.47. The Hall–Kier alpha value is -1.51. The fourth-order valence-electron chi connectivity index (χ4n) is 3.41. The molecule has 0 unspecified atom stereocenters. The second-order valence-corrected chi connectivity index (χ2v) is 10.1. The summed E-state index contributed by atoms with van der Waals surface area (Å²) >= 11 is 15.7. The molecule has 0 amide bonds. The van der Waals surface area contributed by atoms with E-state index in [2.05, 4.69) is 9.80 Å². The third-order valence-electron chi connectivity index (χ3n) is 5.00. The van der Waals surface area contributed by atoms with E-state index in [4.69, 9.17) is 33.3 Å². The molecule has 30 heavy (non-hydrogen) atoms. The molecule has 1 aliphatic rings. The van der Waals surface area contributed by atoms with Gasteiger partial charge in [0, 0.05) is 48.4 Å². The van der Waals surface area contributed by atoms with Crippen LogP contribution in [0.15, 0.2) is 41.3 Å². The van der Waals surface area contributed by atoms with E-state index in [1.54, 1.807) is 35.2 Å². The van der Waals surface area contributed by atoms with Crippen molar-refractivity contribution >= 4 is 67.6 Å². The van der Waals surface area contributed by atoms with Crippen molar-refractivity contribution in [2.24, 2.45) is 0 Å². The van der Waals surface area contributed by atoms with Crippen molar-refractivity contribution in [3.8, 4) is 0 Å². The molecule has 158 valence electrons. The van der Waals surface area contributed by atoms with Gasteiger partial charge >= 0.3 is 5.97 Å². The number of fused-ring (bicyclic) bond motifs is 1. The molecule has 0 saturated carbocycles. The molecular weight excluding hydrogens is 461 g/mol. The number of aromatic nitrogens is 1. The van der Waals surface area contributed by atoms with Gasteiger partial charge in [-0.2, -0.15) is 0 Å². The topological polar surface area (TPSA) is 56.7 Å². The van der Waals surface area contributed by atoms with Crippen LogP contribution in [0.2, 0.25) is 10.0 Å². The molecule has 0 radical (unpaired) electrons. The fourth-order valence-corrected chi connectivity index (χ4v) is 6.00. The number of thioether (sulfide) groups is 1. The average molecular weight is 482 g/mol. The Labute approximate surface area is 193 Å². The highest BCUT2D eigenvalue weighted by Crippen LogP contribution is 2.32. The fraction of sp³-hybridized carbons (Fsp3) is 0.333. The monoisotopic (exact) mass is 481 g/mol. The Kier molecular flexibility index (Phi) is 7.05. The second kappa shape index (κ2) is 9.75. The number of carboxylic acid groups (broad SMARTS) is 1. The summed E-state index contributed by atoms with van der Waals surface area (Å²) in [5.74, 6) is 0.0814. The first-order chi connectivity index (χ1) is 14.5. The van der Waals surface area contributed by atoms with Crippen LogP contribution in [-0.2, 0) is 11.2 Å². The molecule has 1 aliphatic heterocycles. The molecule has 3 aromatic rings. The molecule has 5 nitrogen and oxygen atoms in total. The van der Waals surface area contributed by atoms with Gasteiger partial charge in [-0.15, -0.1) is 11.8 Å². The number of anilines is 1. The summed E-state index contributed by atoms with van der Waals surface area (Å²) < 4.78 is 1.12. The van der Waals surface area contributed by atoms with Crippen molar-refractivity contribution in [1.82, 2.24) is 9.88 Å². The first kappa shape index (κ1) is 21.7. The van der Waals surface area contributed by atoms with Crippen molar-refractivity contribution in [1.29, 1.82) is 0 Å². The zero-order valence-corrected chi connectivity index (χ0v) is 19.3. The first-order valence-electron chi connectivity index (χ1n) is 9.64. The summed E-state index contributed by atoms with van der Waals surface area (Å²) in [4.78, 5) is 21.4. The molecule has 1 aromatic heterocycles. The average Bonchev–Trinajstić information content (AvgIpc) is 3.13. The highest BCUT2D eigenvalue weighted by atomic mass is 35.5. The number of piperazine rings is 1. The van der Waals surface area contributed by atoms with E-state index in [9.17, 15) is 4.79 Å². The Bertz CT molecular complexity index is 1050. The molecule has 0 aliphatic carbocycles. The van der Waals surface area contributed by atoms with Crippen molar-refractivity contribution in [3.05, 3.63) is 52.0 Å². The minimum Gasteiger partial charge on any atom is -0.481 e. The van der Waals surface area contributed by atoms with Gasteiger partial charge in [-0.05, 0) is 35.9 Å². The van der Waals surface area contributed by atoms with Gasteiger partial charge in [0.15, 0.2) is 5.13 Å². The largest absolute Gasteiger partial charge is 0.481 e. The van der Waals surface area contributed by atoms with Gasteiger partial charge in [-0.1, -0.05) is 40.6 Å². The zero-order valence-electron chi connectivity index (χ0n) is 16.2. The van der Waals surface area contributed by atoms with Crippen molar-refractivity contribution in [3.63, 3.8) is 0 Å². The molecule has 1 fully saturated rings. The van der Waals surface area contributed by atoms with E-state index in [-0.39, 0.29) is 6.42 Å². The van der Waals surface area contributed by atoms with Crippen molar-refractivity contribution in [2.45, 2.75) is 11.3 Å². The Morgan fingerprint density at radius 2 is 1.93 bits per heavy atom. The second-order valence-electron chi connectivity index (χ2n) is 7.12. The highest BCUT2D eigenvalue weighted by Gasteiger charge is 2.20. The lowest BCUT2D eigenvalue weighted by molar-refractivity contribution is -0.136. The summed E-state index contributed by atoms with van der Waals surface area (Å²) in [6.45, 7) is 4.85. The molecule has 9 heteroatoms. The molecule has 2 aromatic carbocycles. The van der Waals surface area contributed by atoms with Gasteiger partial charge < -0.3 is 10.0 Å².